The van der Waals surface area contributed by atoms with Gasteiger partial charge in [0.1, 0.15) is 5.82 Å². The molecule has 3 rings (SSSR count). The Morgan fingerprint density at radius 2 is 2.19 bits per heavy atom. The molecule has 1 heterocycles. The van der Waals surface area contributed by atoms with E-state index in [4.69, 9.17) is 0 Å². The number of benzene rings is 1. The van der Waals surface area contributed by atoms with Gasteiger partial charge in [0.15, 0.2) is 0 Å². The first-order valence-electron chi connectivity index (χ1n) is 6.03. The standard InChI is InChI=1S/C14H16FN/c1-9-4-2-5-10(9)12-8-16-14-11(12)6-3-7-13(14)15/h3,6-10,16H,2,4-5H2,1H3. The van der Waals surface area contributed by atoms with Crippen molar-refractivity contribution in [2.24, 2.45) is 5.92 Å². The first kappa shape index (κ1) is 9.88. The summed E-state index contributed by atoms with van der Waals surface area (Å²) in [6.45, 7) is 2.30. The van der Waals surface area contributed by atoms with Crippen molar-refractivity contribution in [1.82, 2.24) is 4.98 Å². The van der Waals surface area contributed by atoms with E-state index < -0.39 is 0 Å². The van der Waals surface area contributed by atoms with Gasteiger partial charge < -0.3 is 4.98 Å². The monoisotopic (exact) mass is 217 g/mol. The summed E-state index contributed by atoms with van der Waals surface area (Å²) < 4.78 is 13.6. The second-order valence-corrected chi connectivity index (χ2v) is 4.92. The van der Waals surface area contributed by atoms with Crippen molar-refractivity contribution in [3.05, 3.63) is 35.8 Å². The molecular weight excluding hydrogens is 201 g/mol. The highest BCUT2D eigenvalue weighted by atomic mass is 19.1. The first-order valence-corrected chi connectivity index (χ1v) is 6.03. The third kappa shape index (κ3) is 1.36. The number of hydrogen-bond donors (Lipinski definition) is 1. The minimum atomic E-state index is -0.144. The fraction of sp³-hybridized carbons (Fsp3) is 0.429. The molecular formula is C14H16FN. The van der Waals surface area contributed by atoms with Gasteiger partial charge in [-0.05, 0) is 29.9 Å². The quantitative estimate of drug-likeness (QED) is 0.736. The number of H-pyrrole nitrogens is 1. The van der Waals surface area contributed by atoms with Crippen LogP contribution in [0.1, 0.15) is 37.7 Å². The maximum atomic E-state index is 13.6. The lowest BCUT2D eigenvalue weighted by atomic mass is 9.90. The van der Waals surface area contributed by atoms with Gasteiger partial charge >= 0.3 is 0 Å². The molecule has 0 amide bonds. The average Bonchev–Trinajstić information content (AvgIpc) is 2.84. The van der Waals surface area contributed by atoms with Gasteiger partial charge in [-0.25, -0.2) is 4.39 Å². The van der Waals surface area contributed by atoms with Crippen LogP contribution in [-0.2, 0) is 0 Å². The summed E-state index contributed by atoms with van der Waals surface area (Å²) in [7, 11) is 0. The molecule has 0 spiro atoms. The van der Waals surface area contributed by atoms with Gasteiger partial charge in [0.25, 0.3) is 0 Å². The fourth-order valence-electron chi connectivity index (χ4n) is 3.05. The zero-order chi connectivity index (χ0) is 11.1. The average molecular weight is 217 g/mol. The van der Waals surface area contributed by atoms with E-state index in [-0.39, 0.29) is 5.82 Å². The first-order chi connectivity index (χ1) is 7.77. The highest BCUT2D eigenvalue weighted by Gasteiger charge is 2.27. The summed E-state index contributed by atoms with van der Waals surface area (Å²) in [5.74, 6) is 1.19. The number of para-hydroxylation sites is 1. The molecule has 84 valence electrons. The molecule has 2 unspecified atom stereocenters. The SMILES string of the molecule is CC1CCCC1c1c[nH]c2c(F)cccc12. The van der Waals surface area contributed by atoms with E-state index >= 15 is 0 Å². The van der Waals surface area contributed by atoms with Crippen molar-refractivity contribution >= 4 is 10.9 Å². The van der Waals surface area contributed by atoms with E-state index in [2.05, 4.69) is 11.9 Å². The Kier molecular flexibility index (Phi) is 2.23. The second-order valence-electron chi connectivity index (χ2n) is 4.92. The van der Waals surface area contributed by atoms with Crippen molar-refractivity contribution in [3.63, 3.8) is 0 Å². The summed E-state index contributed by atoms with van der Waals surface area (Å²) in [6.07, 6.45) is 5.84. The zero-order valence-corrected chi connectivity index (χ0v) is 9.46. The van der Waals surface area contributed by atoms with Crippen molar-refractivity contribution in [2.75, 3.05) is 0 Å². The molecule has 2 heteroatoms. The van der Waals surface area contributed by atoms with Crippen LogP contribution in [0.15, 0.2) is 24.4 Å². The third-order valence-corrected chi connectivity index (χ3v) is 3.96. The van der Waals surface area contributed by atoms with Crippen molar-refractivity contribution in [3.8, 4) is 0 Å². The summed E-state index contributed by atoms with van der Waals surface area (Å²) in [5.41, 5.74) is 1.97. The maximum Gasteiger partial charge on any atom is 0.147 e. The maximum absolute atomic E-state index is 13.6. The van der Waals surface area contributed by atoms with E-state index in [1.165, 1.54) is 30.9 Å². The van der Waals surface area contributed by atoms with Gasteiger partial charge in [0.05, 0.1) is 5.52 Å². The molecule has 1 nitrogen and oxygen atoms in total. The molecule has 2 aromatic rings. The van der Waals surface area contributed by atoms with Gasteiger partial charge in [-0.1, -0.05) is 31.9 Å². The number of fused-ring (bicyclic) bond motifs is 1. The van der Waals surface area contributed by atoms with Gasteiger partial charge in [-0.3, -0.25) is 0 Å². The minimum Gasteiger partial charge on any atom is -0.359 e. The third-order valence-electron chi connectivity index (χ3n) is 3.96. The highest BCUT2D eigenvalue weighted by molar-refractivity contribution is 5.84. The number of nitrogens with one attached hydrogen (secondary N) is 1. The van der Waals surface area contributed by atoms with Crippen LogP contribution in [0, 0.1) is 11.7 Å². The fourth-order valence-corrected chi connectivity index (χ4v) is 3.05. The van der Waals surface area contributed by atoms with E-state index in [9.17, 15) is 4.39 Å². The topological polar surface area (TPSA) is 15.8 Å². The minimum absolute atomic E-state index is 0.144. The summed E-state index contributed by atoms with van der Waals surface area (Å²) in [5, 5.41) is 1.07. The molecule has 1 aromatic heterocycles. The molecule has 1 aliphatic carbocycles. The molecule has 2 atom stereocenters. The molecule has 1 N–H and O–H groups in total. The van der Waals surface area contributed by atoms with Crippen LogP contribution in [0.3, 0.4) is 0 Å². The van der Waals surface area contributed by atoms with E-state index in [0.717, 1.165) is 11.3 Å². The van der Waals surface area contributed by atoms with Crippen molar-refractivity contribution in [2.45, 2.75) is 32.1 Å². The van der Waals surface area contributed by atoms with E-state index in [1.54, 1.807) is 6.07 Å². The number of aromatic amines is 1. The number of rotatable bonds is 1. The predicted octanol–water partition coefficient (Wildman–Crippen LogP) is 4.21. The van der Waals surface area contributed by atoms with E-state index in [1.807, 2.05) is 12.3 Å². The Bertz CT molecular complexity index is 514. The molecule has 16 heavy (non-hydrogen) atoms. The smallest absolute Gasteiger partial charge is 0.147 e. The molecule has 1 saturated carbocycles. The van der Waals surface area contributed by atoms with Crippen LogP contribution < -0.4 is 0 Å². The molecule has 0 bridgehead atoms. The second kappa shape index (κ2) is 3.62. The lowest BCUT2D eigenvalue weighted by Crippen LogP contribution is -2.00. The molecule has 0 aliphatic heterocycles. The van der Waals surface area contributed by atoms with Gasteiger partial charge in [-0.2, -0.15) is 0 Å². The van der Waals surface area contributed by atoms with Crippen molar-refractivity contribution in [1.29, 1.82) is 0 Å². The van der Waals surface area contributed by atoms with Crippen molar-refractivity contribution < 1.29 is 4.39 Å². The zero-order valence-electron chi connectivity index (χ0n) is 9.46. The van der Waals surface area contributed by atoms with Crippen LogP contribution in [0.2, 0.25) is 0 Å². The molecule has 1 aromatic carbocycles. The highest BCUT2D eigenvalue weighted by Crippen LogP contribution is 2.41. The van der Waals surface area contributed by atoms with Crippen LogP contribution >= 0.6 is 0 Å². The summed E-state index contributed by atoms with van der Waals surface area (Å²) >= 11 is 0. The molecule has 0 radical (unpaired) electrons. The van der Waals surface area contributed by atoms with Crippen LogP contribution in [0.25, 0.3) is 10.9 Å². The lowest BCUT2D eigenvalue weighted by molar-refractivity contribution is 0.536. The number of halogens is 1. The molecule has 1 fully saturated rings. The molecule has 1 aliphatic rings. The largest absolute Gasteiger partial charge is 0.359 e. The Balaban J connectivity index is 2.14. The van der Waals surface area contributed by atoms with Gasteiger partial charge in [0, 0.05) is 11.6 Å². The normalized spacial score (nSPS) is 25.4. The Morgan fingerprint density at radius 3 is 2.94 bits per heavy atom. The lowest BCUT2D eigenvalue weighted by Gasteiger charge is -2.14. The van der Waals surface area contributed by atoms with Crippen LogP contribution in [0.5, 0.6) is 0 Å². The summed E-state index contributed by atoms with van der Waals surface area (Å²) in [4.78, 5) is 3.08. The van der Waals surface area contributed by atoms with Gasteiger partial charge in [-0.15, -0.1) is 0 Å². The van der Waals surface area contributed by atoms with Gasteiger partial charge in [0.2, 0.25) is 0 Å². The summed E-state index contributed by atoms with van der Waals surface area (Å²) in [6, 6.07) is 5.34. The number of aromatic nitrogens is 1. The predicted molar refractivity (Wildman–Crippen MR) is 64.0 cm³/mol. The Labute approximate surface area is 94.7 Å². The molecule has 0 saturated heterocycles. The Morgan fingerprint density at radius 1 is 1.31 bits per heavy atom. The van der Waals surface area contributed by atoms with Crippen LogP contribution in [-0.4, -0.2) is 4.98 Å². The Hall–Kier alpha value is -1.31. The van der Waals surface area contributed by atoms with Crippen LogP contribution in [0.4, 0.5) is 4.39 Å². The van der Waals surface area contributed by atoms with E-state index in [0.29, 0.717) is 11.4 Å². The number of hydrogen-bond acceptors (Lipinski definition) is 0.